The van der Waals surface area contributed by atoms with Gasteiger partial charge in [-0.05, 0) is 49.2 Å². The molecule has 1 fully saturated rings. The van der Waals surface area contributed by atoms with E-state index in [-0.39, 0.29) is 5.69 Å². The van der Waals surface area contributed by atoms with E-state index < -0.39 is 35.7 Å². The van der Waals surface area contributed by atoms with Gasteiger partial charge in [-0.15, -0.1) is 0 Å². The number of hydrogen-bond donors (Lipinski definition) is 2. The van der Waals surface area contributed by atoms with E-state index in [0.717, 1.165) is 4.90 Å². The van der Waals surface area contributed by atoms with E-state index in [0.29, 0.717) is 22.6 Å². The molecule has 2 aromatic carbocycles. The molecule has 9 heteroatoms. The lowest BCUT2D eigenvalue weighted by atomic mass is 9.91. The van der Waals surface area contributed by atoms with Crippen molar-refractivity contribution in [1.82, 2.24) is 10.2 Å². The Kier molecular flexibility index (Phi) is 5.64. The van der Waals surface area contributed by atoms with Crippen LogP contribution in [0.1, 0.15) is 18.1 Å². The minimum absolute atomic E-state index is 0.234. The number of amides is 4. The quantitative estimate of drug-likeness (QED) is 0.707. The van der Waals surface area contributed by atoms with E-state index in [1.807, 2.05) is 0 Å². The van der Waals surface area contributed by atoms with Crippen molar-refractivity contribution < 1.29 is 28.2 Å². The third-order valence-corrected chi connectivity index (χ3v) is 4.99. The van der Waals surface area contributed by atoms with Gasteiger partial charge in [-0.1, -0.05) is 12.1 Å². The number of nitrogens with zero attached hydrogens (tertiary/aromatic N) is 1. The van der Waals surface area contributed by atoms with E-state index in [9.17, 15) is 18.8 Å². The van der Waals surface area contributed by atoms with E-state index >= 15 is 0 Å². The van der Waals surface area contributed by atoms with Gasteiger partial charge in [0, 0.05) is 5.69 Å². The van der Waals surface area contributed by atoms with Gasteiger partial charge in [0.1, 0.15) is 17.9 Å². The number of benzene rings is 2. The highest BCUT2D eigenvalue weighted by molar-refractivity contribution is 6.10. The Morgan fingerprint density at radius 2 is 1.83 bits per heavy atom. The fourth-order valence-corrected chi connectivity index (χ4v) is 3.20. The second kappa shape index (κ2) is 8.02. The molecular formula is C21H22FN3O5. The molecule has 30 heavy (non-hydrogen) atoms. The predicted molar refractivity (Wildman–Crippen MR) is 107 cm³/mol. The Hall–Kier alpha value is -3.62. The van der Waals surface area contributed by atoms with E-state index in [1.54, 1.807) is 32.0 Å². The zero-order chi connectivity index (χ0) is 22.1. The molecule has 0 spiro atoms. The minimum atomic E-state index is -1.38. The summed E-state index contributed by atoms with van der Waals surface area (Å²) in [5.41, 5.74) is -0.236. The maximum atomic E-state index is 13.7. The van der Waals surface area contributed by atoms with E-state index in [1.165, 1.54) is 32.4 Å². The lowest BCUT2D eigenvalue weighted by Gasteiger charge is -2.23. The zero-order valence-electron chi connectivity index (χ0n) is 17.0. The van der Waals surface area contributed by atoms with Gasteiger partial charge in [0.05, 0.1) is 14.2 Å². The molecule has 0 aliphatic carbocycles. The molecule has 4 amide bonds. The van der Waals surface area contributed by atoms with Crippen LogP contribution < -0.4 is 20.1 Å². The number of halogens is 1. The number of rotatable bonds is 6. The van der Waals surface area contributed by atoms with Gasteiger partial charge in [-0.3, -0.25) is 14.5 Å². The van der Waals surface area contributed by atoms with Gasteiger partial charge < -0.3 is 20.1 Å². The molecule has 1 aliphatic rings. The number of carbonyl (C=O) groups excluding carboxylic acids is 3. The highest BCUT2D eigenvalue weighted by atomic mass is 19.1. The van der Waals surface area contributed by atoms with Crippen LogP contribution in [-0.2, 0) is 15.1 Å². The average molecular weight is 415 g/mol. The fourth-order valence-electron chi connectivity index (χ4n) is 3.20. The van der Waals surface area contributed by atoms with Crippen molar-refractivity contribution in [3.05, 3.63) is 53.3 Å². The Labute approximate surface area is 173 Å². The summed E-state index contributed by atoms with van der Waals surface area (Å²) < 4.78 is 24.1. The molecule has 0 radical (unpaired) electrons. The van der Waals surface area contributed by atoms with E-state index in [2.05, 4.69) is 10.6 Å². The molecule has 0 aromatic heterocycles. The zero-order valence-corrected chi connectivity index (χ0v) is 17.0. The van der Waals surface area contributed by atoms with Gasteiger partial charge in [-0.25, -0.2) is 9.18 Å². The lowest BCUT2D eigenvalue weighted by Crippen LogP contribution is -2.42. The van der Waals surface area contributed by atoms with Crippen molar-refractivity contribution in [3.63, 3.8) is 0 Å². The van der Waals surface area contributed by atoms with Crippen molar-refractivity contribution in [1.29, 1.82) is 0 Å². The number of methoxy groups -OCH3 is 2. The number of ether oxygens (including phenoxy) is 2. The molecule has 8 nitrogen and oxygen atoms in total. The standard InChI is InChI=1S/C21H22FN3O5/c1-12-5-7-14(10-15(12)22)23-18(26)11-25-19(27)21(2,24-20(25)28)13-6-8-16(29-3)17(9-13)30-4/h5-10H,11H2,1-4H3,(H,23,26)(H,24,28). The summed E-state index contributed by atoms with van der Waals surface area (Å²) in [6, 6.07) is 8.38. The minimum Gasteiger partial charge on any atom is -0.493 e. The monoisotopic (exact) mass is 415 g/mol. The summed E-state index contributed by atoms with van der Waals surface area (Å²) >= 11 is 0. The van der Waals surface area contributed by atoms with Crippen molar-refractivity contribution in [2.24, 2.45) is 0 Å². The third-order valence-electron chi connectivity index (χ3n) is 4.99. The Bertz CT molecular complexity index is 1030. The van der Waals surface area contributed by atoms with Crippen molar-refractivity contribution >= 4 is 23.5 Å². The van der Waals surface area contributed by atoms with Crippen molar-refractivity contribution in [2.75, 3.05) is 26.1 Å². The SMILES string of the molecule is COc1ccc(C2(C)NC(=O)N(CC(=O)Nc3ccc(C)c(F)c3)C2=O)cc1OC. The number of urea groups is 1. The molecular weight excluding hydrogens is 393 g/mol. The summed E-state index contributed by atoms with van der Waals surface area (Å²) in [7, 11) is 2.95. The fraction of sp³-hybridized carbons (Fsp3) is 0.286. The van der Waals surface area contributed by atoms with Crippen LogP contribution in [0.4, 0.5) is 14.9 Å². The van der Waals surface area contributed by atoms with Crippen LogP contribution in [-0.4, -0.2) is 43.5 Å². The van der Waals surface area contributed by atoms with Gasteiger partial charge in [0.2, 0.25) is 5.91 Å². The second-order valence-electron chi connectivity index (χ2n) is 7.03. The Morgan fingerprint density at radius 1 is 1.13 bits per heavy atom. The summed E-state index contributed by atoms with van der Waals surface area (Å²) in [6.45, 7) is 2.63. The van der Waals surface area contributed by atoms with Crippen LogP contribution in [0.2, 0.25) is 0 Å². The number of nitrogens with one attached hydrogen (secondary N) is 2. The topological polar surface area (TPSA) is 97.0 Å². The van der Waals surface area contributed by atoms with Crippen LogP contribution in [0.3, 0.4) is 0 Å². The number of hydrogen-bond acceptors (Lipinski definition) is 5. The smallest absolute Gasteiger partial charge is 0.325 e. The van der Waals surface area contributed by atoms with Crippen molar-refractivity contribution in [3.8, 4) is 11.5 Å². The molecule has 2 aromatic rings. The molecule has 158 valence electrons. The van der Waals surface area contributed by atoms with Gasteiger partial charge in [0.25, 0.3) is 5.91 Å². The Balaban J connectivity index is 1.78. The third kappa shape index (κ3) is 3.78. The van der Waals surface area contributed by atoms with Crippen LogP contribution in [0.25, 0.3) is 0 Å². The summed E-state index contributed by atoms with van der Waals surface area (Å²) in [5, 5.41) is 5.11. The van der Waals surface area contributed by atoms with Crippen LogP contribution in [0.5, 0.6) is 11.5 Å². The van der Waals surface area contributed by atoms with E-state index in [4.69, 9.17) is 9.47 Å². The molecule has 1 aliphatic heterocycles. The van der Waals surface area contributed by atoms with Crippen LogP contribution in [0, 0.1) is 12.7 Å². The van der Waals surface area contributed by atoms with Gasteiger partial charge in [0.15, 0.2) is 11.5 Å². The Morgan fingerprint density at radius 3 is 2.47 bits per heavy atom. The molecule has 1 unspecified atom stereocenters. The highest BCUT2D eigenvalue weighted by Gasteiger charge is 2.49. The van der Waals surface area contributed by atoms with Crippen LogP contribution >= 0.6 is 0 Å². The molecule has 0 saturated carbocycles. The maximum absolute atomic E-state index is 13.7. The highest BCUT2D eigenvalue weighted by Crippen LogP contribution is 2.35. The summed E-state index contributed by atoms with van der Waals surface area (Å²) in [6.07, 6.45) is 0. The van der Waals surface area contributed by atoms with Gasteiger partial charge in [-0.2, -0.15) is 0 Å². The molecule has 1 saturated heterocycles. The first kappa shape index (κ1) is 21.1. The number of carbonyl (C=O) groups is 3. The first-order chi connectivity index (χ1) is 14.2. The lowest BCUT2D eigenvalue weighted by molar-refractivity contribution is -0.133. The molecule has 1 atom stereocenters. The summed E-state index contributed by atoms with van der Waals surface area (Å²) in [5.74, 6) is -0.814. The first-order valence-electron chi connectivity index (χ1n) is 9.12. The average Bonchev–Trinajstić information content (AvgIpc) is 2.94. The van der Waals surface area contributed by atoms with Crippen LogP contribution in [0.15, 0.2) is 36.4 Å². The summed E-state index contributed by atoms with van der Waals surface area (Å²) in [4.78, 5) is 38.6. The molecule has 3 rings (SSSR count). The largest absolute Gasteiger partial charge is 0.493 e. The molecule has 1 heterocycles. The predicted octanol–water partition coefficient (Wildman–Crippen LogP) is 2.56. The number of anilines is 1. The normalized spacial score (nSPS) is 18.2. The second-order valence-corrected chi connectivity index (χ2v) is 7.03. The van der Waals surface area contributed by atoms with Crippen molar-refractivity contribution in [2.45, 2.75) is 19.4 Å². The maximum Gasteiger partial charge on any atom is 0.325 e. The molecule has 0 bridgehead atoms. The van der Waals surface area contributed by atoms with Gasteiger partial charge >= 0.3 is 6.03 Å². The molecule has 2 N–H and O–H groups in total. The first-order valence-corrected chi connectivity index (χ1v) is 9.12. The number of aryl methyl sites for hydroxylation is 1. The number of imide groups is 1.